The van der Waals surface area contributed by atoms with Crippen LogP contribution in [-0.2, 0) is 28.5 Å². The number of carbonyl (C=O) groups is 1. The van der Waals surface area contributed by atoms with Crippen molar-refractivity contribution in [2.75, 3.05) is 55.7 Å². The number of anilines is 2. The fraction of sp³-hybridized carbons (Fsp3) is 0.611. The first-order valence-electron chi connectivity index (χ1n) is 9.33. The van der Waals surface area contributed by atoms with Crippen molar-refractivity contribution in [3.05, 3.63) is 24.0 Å². The number of ether oxygens (including phenoxy) is 3. The van der Waals surface area contributed by atoms with Crippen molar-refractivity contribution in [3.8, 4) is 0 Å². The summed E-state index contributed by atoms with van der Waals surface area (Å²) in [7, 11) is -3.64. The topological polar surface area (TPSA) is 94.6 Å². The van der Waals surface area contributed by atoms with Gasteiger partial charge in [0, 0.05) is 13.1 Å². The van der Waals surface area contributed by atoms with Crippen LogP contribution in [0.4, 0.5) is 20.6 Å². The maximum Gasteiger partial charge on any atom is 0.414 e. The molecule has 0 bridgehead atoms. The molecule has 160 valence electrons. The molecule has 0 N–H and O–H groups in total. The second-order valence-electron chi connectivity index (χ2n) is 7.52. The third-order valence-electron chi connectivity index (χ3n) is 5.41. The molecule has 1 aromatic rings. The van der Waals surface area contributed by atoms with E-state index in [1.807, 2.05) is 4.90 Å². The van der Waals surface area contributed by atoms with Crippen molar-refractivity contribution in [1.82, 2.24) is 0 Å². The van der Waals surface area contributed by atoms with E-state index >= 15 is 0 Å². The molecular formula is C18H23FN2O7S. The Morgan fingerprint density at radius 2 is 2.07 bits per heavy atom. The zero-order valence-corrected chi connectivity index (χ0v) is 16.8. The van der Waals surface area contributed by atoms with E-state index in [1.54, 1.807) is 12.1 Å². The van der Waals surface area contributed by atoms with Crippen LogP contribution in [0.5, 0.6) is 0 Å². The van der Waals surface area contributed by atoms with E-state index in [4.69, 9.17) is 14.2 Å². The van der Waals surface area contributed by atoms with E-state index in [9.17, 15) is 17.6 Å². The van der Waals surface area contributed by atoms with Gasteiger partial charge in [0.1, 0.15) is 25.3 Å². The highest BCUT2D eigenvalue weighted by molar-refractivity contribution is 7.85. The van der Waals surface area contributed by atoms with Gasteiger partial charge in [-0.05, 0) is 31.0 Å². The van der Waals surface area contributed by atoms with Gasteiger partial charge in [0.15, 0.2) is 0 Å². The standard InChI is InChI=1S/C18H23FN2O7S/c1-29(23,24)27-10-14-9-21(17(22)28-14)13-2-3-16(15(19)8-13)20-6-4-18(5-7-20)11-25-12-26-18/h2-3,8,14H,4-7,9-12H2,1H3/t14-/m1/s1. The van der Waals surface area contributed by atoms with E-state index in [2.05, 4.69) is 4.18 Å². The number of cyclic esters (lactones) is 1. The van der Waals surface area contributed by atoms with E-state index < -0.39 is 28.1 Å². The van der Waals surface area contributed by atoms with Crippen LogP contribution in [0.2, 0.25) is 0 Å². The average molecular weight is 430 g/mol. The molecule has 1 aromatic carbocycles. The number of halogens is 1. The molecule has 1 spiro atoms. The number of amides is 1. The van der Waals surface area contributed by atoms with Crippen LogP contribution in [0.3, 0.4) is 0 Å². The molecule has 3 aliphatic rings. The first-order valence-corrected chi connectivity index (χ1v) is 11.2. The van der Waals surface area contributed by atoms with Crippen LogP contribution in [0.25, 0.3) is 0 Å². The molecule has 9 nitrogen and oxygen atoms in total. The summed E-state index contributed by atoms with van der Waals surface area (Å²) in [5, 5.41) is 0. The highest BCUT2D eigenvalue weighted by Crippen LogP contribution is 2.34. The molecule has 3 aliphatic heterocycles. The molecule has 3 heterocycles. The Morgan fingerprint density at radius 3 is 2.69 bits per heavy atom. The molecule has 0 aliphatic carbocycles. The van der Waals surface area contributed by atoms with Gasteiger partial charge >= 0.3 is 6.09 Å². The van der Waals surface area contributed by atoms with Crippen LogP contribution in [0.15, 0.2) is 18.2 Å². The summed E-state index contributed by atoms with van der Waals surface area (Å²) in [4.78, 5) is 15.3. The smallest absolute Gasteiger partial charge is 0.414 e. The van der Waals surface area contributed by atoms with Crippen molar-refractivity contribution >= 4 is 27.6 Å². The number of hydrogen-bond donors (Lipinski definition) is 0. The number of piperidine rings is 1. The minimum Gasteiger partial charge on any atom is -0.441 e. The predicted octanol–water partition coefficient (Wildman–Crippen LogP) is 1.47. The molecule has 3 fully saturated rings. The lowest BCUT2D eigenvalue weighted by molar-refractivity contribution is -0.0220. The molecule has 0 aromatic heterocycles. The van der Waals surface area contributed by atoms with Crippen molar-refractivity contribution < 1.29 is 36.0 Å². The van der Waals surface area contributed by atoms with Gasteiger partial charge in [0.05, 0.1) is 36.4 Å². The molecule has 0 radical (unpaired) electrons. The van der Waals surface area contributed by atoms with Crippen molar-refractivity contribution in [1.29, 1.82) is 0 Å². The Balaban J connectivity index is 1.40. The van der Waals surface area contributed by atoms with Gasteiger partial charge in [-0.2, -0.15) is 8.42 Å². The third kappa shape index (κ3) is 4.47. The van der Waals surface area contributed by atoms with Crippen LogP contribution in [-0.4, -0.2) is 72.1 Å². The molecular weight excluding hydrogens is 407 g/mol. The van der Waals surface area contributed by atoms with E-state index in [-0.39, 0.29) is 18.8 Å². The van der Waals surface area contributed by atoms with Gasteiger partial charge in [-0.25, -0.2) is 9.18 Å². The summed E-state index contributed by atoms with van der Waals surface area (Å²) >= 11 is 0. The number of hydrogen-bond acceptors (Lipinski definition) is 8. The second kappa shape index (κ2) is 7.71. The SMILES string of the molecule is CS(=O)(=O)OC[C@H]1CN(c2ccc(N3CCC4(CC3)COCO4)c(F)c2)C(=O)O1. The molecule has 11 heteroatoms. The van der Waals surface area contributed by atoms with E-state index in [0.717, 1.165) is 19.1 Å². The summed E-state index contributed by atoms with van der Waals surface area (Å²) < 4.78 is 57.8. The lowest BCUT2D eigenvalue weighted by Gasteiger charge is -2.38. The van der Waals surface area contributed by atoms with E-state index in [0.29, 0.717) is 37.9 Å². The highest BCUT2D eigenvalue weighted by atomic mass is 32.2. The lowest BCUT2D eigenvalue weighted by atomic mass is 9.92. The maximum atomic E-state index is 14.8. The highest BCUT2D eigenvalue weighted by Gasteiger charge is 2.40. The normalized spacial score (nSPS) is 24.3. The van der Waals surface area contributed by atoms with Crippen molar-refractivity contribution in [2.24, 2.45) is 0 Å². The summed E-state index contributed by atoms with van der Waals surface area (Å²) in [6, 6.07) is 4.58. The number of nitrogens with zero attached hydrogens (tertiary/aromatic N) is 2. The van der Waals surface area contributed by atoms with Gasteiger partial charge in [0.25, 0.3) is 10.1 Å². The minimum absolute atomic E-state index is 0.0801. The van der Waals surface area contributed by atoms with Crippen LogP contribution in [0, 0.1) is 5.82 Å². The van der Waals surface area contributed by atoms with Crippen molar-refractivity contribution in [3.63, 3.8) is 0 Å². The summed E-state index contributed by atoms with van der Waals surface area (Å²) in [5.41, 5.74) is 0.557. The largest absolute Gasteiger partial charge is 0.441 e. The molecule has 1 atom stereocenters. The molecule has 4 rings (SSSR count). The second-order valence-corrected chi connectivity index (χ2v) is 9.17. The summed E-state index contributed by atoms with van der Waals surface area (Å²) in [5.74, 6) is -0.439. The Hall–Kier alpha value is -1.95. The zero-order valence-electron chi connectivity index (χ0n) is 16.0. The first-order chi connectivity index (χ1) is 13.7. The Labute approximate surface area is 168 Å². The first kappa shape index (κ1) is 20.3. The van der Waals surface area contributed by atoms with Crippen LogP contribution in [0.1, 0.15) is 12.8 Å². The fourth-order valence-corrected chi connectivity index (χ4v) is 4.22. The molecule has 29 heavy (non-hydrogen) atoms. The lowest BCUT2D eigenvalue weighted by Crippen LogP contribution is -2.46. The van der Waals surface area contributed by atoms with Gasteiger partial charge in [-0.15, -0.1) is 0 Å². The van der Waals surface area contributed by atoms with Crippen LogP contribution < -0.4 is 9.80 Å². The monoisotopic (exact) mass is 430 g/mol. The molecule has 1 amide bonds. The Bertz CT molecular complexity index is 878. The summed E-state index contributed by atoms with van der Waals surface area (Å²) in [6.45, 7) is 1.99. The summed E-state index contributed by atoms with van der Waals surface area (Å²) in [6.07, 6.45) is 1.03. The van der Waals surface area contributed by atoms with Gasteiger partial charge in [0.2, 0.25) is 0 Å². The number of rotatable bonds is 5. The van der Waals surface area contributed by atoms with Gasteiger partial charge < -0.3 is 19.1 Å². The molecule has 0 unspecified atom stereocenters. The average Bonchev–Trinajstić information content (AvgIpc) is 3.27. The van der Waals surface area contributed by atoms with E-state index in [1.165, 1.54) is 11.0 Å². The third-order valence-corrected chi connectivity index (χ3v) is 5.98. The number of carbonyl (C=O) groups excluding carboxylic acids is 1. The molecule has 0 saturated carbocycles. The Morgan fingerprint density at radius 1 is 1.31 bits per heavy atom. The fourth-order valence-electron chi connectivity index (χ4n) is 3.82. The quantitative estimate of drug-likeness (QED) is 0.649. The number of benzene rings is 1. The van der Waals surface area contributed by atoms with Gasteiger partial charge in [-0.1, -0.05) is 0 Å². The minimum atomic E-state index is -3.64. The Kier molecular flexibility index (Phi) is 5.40. The maximum absolute atomic E-state index is 14.8. The predicted molar refractivity (Wildman–Crippen MR) is 101 cm³/mol. The van der Waals surface area contributed by atoms with Crippen LogP contribution >= 0.6 is 0 Å². The zero-order chi connectivity index (χ0) is 20.6. The van der Waals surface area contributed by atoms with Gasteiger partial charge in [-0.3, -0.25) is 9.08 Å². The molecule has 3 saturated heterocycles. The van der Waals surface area contributed by atoms with Crippen molar-refractivity contribution in [2.45, 2.75) is 24.5 Å².